The molecule has 0 aromatic carbocycles. The summed E-state index contributed by atoms with van der Waals surface area (Å²) in [6.07, 6.45) is 4.51. The zero-order valence-corrected chi connectivity index (χ0v) is 17.3. The molecule has 1 rings (SSSR count). The molecule has 7 heteroatoms. The van der Waals surface area contributed by atoms with E-state index < -0.39 is 23.1 Å². The molecule has 1 amide bonds. The standard InChI is InChI=1S/C19H34N2O4S/c1-4-19(2,3)16(22)17(23)21-12-7-5-9-15(21)18(24)25-13-8-6-10-20-11-14-26/h15,20,26H,4-14H2,1-3H3/t15-/m0/s1. The smallest absolute Gasteiger partial charge is 0.328 e. The predicted octanol–water partition coefficient (Wildman–Crippen LogP) is 2.22. The summed E-state index contributed by atoms with van der Waals surface area (Å²) in [6.45, 7) is 7.94. The molecule has 1 aliphatic heterocycles. The van der Waals surface area contributed by atoms with Gasteiger partial charge in [-0.25, -0.2) is 4.79 Å². The van der Waals surface area contributed by atoms with Crippen molar-refractivity contribution < 1.29 is 19.1 Å². The first kappa shape index (κ1) is 23.0. The van der Waals surface area contributed by atoms with Crippen molar-refractivity contribution in [3.63, 3.8) is 0 Å². The van der Waals surface area contributed by atoms with Gasteiger partial charge in [-0.05, 0) is 45.1 Å². The van der Waals surface area contributed by atoms with Gasteiger partial charge in [0, 0.05) is 24.3 Å². The van der Waals surface area contributed by atoms with Gasteiger partial charge >= 0.3 is 5.97 Å². The van der Waals surface area contributed by atoms with Crippen LogP contribution >= 0.6 is 12.6 Å². The minimum atomic E-state index is -0.705. The highest BCUT2D eigenvalue weighted by atomic mass is 32.1. The van der Waals surface area contributed by atoms with Crippen molar-refractivity contribution in [1.82, 2.24) is 10.2 Å². The van der Waals surface area contributed by atoms with Crippen LogP contribution in [0.25, 0.3) is 0 Å². The molecular formula is C19H34N2O4S. The monoisotopic (exact) mass is 386 g/mol. The molecule has 1 N–H and O–H groups in total. The number of carbonyl (C=O) groups is 3. The maximum absolute atomic E-state index is 12.6. The number of carbonyl (C=O) groups excluding carboxylic acids is 3. The van der Waals surface area contributed by atoms with Crippen LogP contribution in [0, 0.1) is 5.41 Å². The molecule has 0 aliphatic carbocycles. The van der Waals surface area contributed by atoms with E-state index in [0.717, 1.165) is 44.5 Å². The summed E-state index contributed by atoms with van der Waals surface area (Å²) < 4.78 is 5.37. The number of Topliss-reactive ketones (excluding diaryl/α,β-unsaturated/α-hetero) is 1. The van der Waals surface area contributed by atoms with Gasteiger partial charge in [-0.3, -0.25) is 9.59 Å². The number of unbranched alkanes of at least 4 members (excludes halogenated alkanes) is 1. The summed E-state index contributed by atoms with van der Waals surface area (Å²) in [4.78, 5) is 39.0. The number of nitrogens with one attached hydrogen (secondary N) is 1. The van der Waals surface area contributed by atoms with Crippen LogP contribution in [0.1, 0.15) is 59.3 Å². The Kier molecular flexibility index (Phi) is 10.2. The van der Waals surface area contributed by atoms with Crippen molar-refractivity contribution >= 4 is 30.3 Å². The number of hydrogen-bond acceptors (Lipinski definition) is 6. The summed E-state index contributed by atoms with van der Waals surface area (Å²) in [7, 11) is 0. The molecule has 1 aliphatic rings. The fraction of sp³-hybridized carbons (Fsp3) is 0.842. The molecular weight excluding hydrogens is 352 g/mol. The van der Waals surface area contributed by atoms with Gasteiger partial charge in [0.25, 0.3) is 5.91 Å². The molecule has 0 radical (unpaired) electrons. The van der Waals surface area contributed by atoms with Crippen molar-refractivity contribution in [2.45, 2.75) is 65.3 Å². The Morgan fingerprint density at radius 3 is 2.58 bits per heavy atom. The van der Waals surface area contributed by atoms with Crippen LogP contribution in [0.2, 0.25) is 0 Å². The van der Waals surface area contributed by atoms with Crippen molar-refractivity contribution in [3.05, 3.63) is 0 Å². The third-order valence-corrected chi connectivity index (χ3v) is 5.23. The molecule has 1 saturated heterocycles. The SMILES string of the molecule is CCC(C)(C)C(=O)C(=O)N1CCCC[C@H]1C(=O)OCCCCNCCS. The Morgan fingerprint density at radius 1 is 1.19 bits per heavy atom. The Bertz CT molecular complexity index is 482. The van der Waals surface area contributed by atoms with Crippen LogP contribution in [-0.2, 0) is 19.1 Å². The average Bonchev–Trinajstić information content (AvgIpc) is 2.65. The van der Waals surface area contributed by atoms with Gasteiger partial charge in [0.1, 0.15) is 6.04 Å². The molecule has 0 bridgehead atoms. The molecule has 0 aromatic heterocycles. The first-order chi connectivity index (χ1) is 12.3. The molecule has 150 valence electrons. The predicted molar refractivity (Wildman–Crippen MR) is 105 cm³/mol. The number of rotatable bonds is 11. The molecule has 0 unspecified atom stereocenters. The number of likely N-dealkylation sites (tertiary alicyclic amines) is 1. The van der Waals surface area contributed by atoms with Gasteiger partial charge in [0.2, 0.25) is 5.78 Å². The second-order valence-electron chi connectivity index (χ2n) is 7.42. The van der Waals surface area contributed by atoms with Crippen LogP contribution in [0.3, 0.4) is 0 Å². The molecule has 0 saturated carbocycles. The van der Waals surface area contributed by atoms with E-state index >= 15 is 0 Å². The lowest BCUT2D eigenvalue weighted by atomic mass is 9.84. The van der Waals surface area contributed by atoms with Crippen LogP contribution in [0.5, 0.6) is 0 Å². The van der Waals surface area contributed by atoms with Crippen molar-refractivity contribution in [2.24, 2.45) is 5.41 Å². The maximum atomic E-state index is 12.6. The van der Waals surface area contributed by atoms with Crippen molar-refractivity contribution in [3.8, 4) is 0 Å². The van der Waals surface area contributed by atoms with Crippen LogP contribution < -0.4 is 5.32 Å². The van der Waals surface area contributed by atoms with Gasteiger partial charge < -0.3 is 15.0 Å². The van der Waals surface area contributed by atoms with Gasteiger partial charge in [-0.1, -0.05) is 20.8 Å². The van der Waals surface area contributed by atoms with Crippen molar-refractivity contribution in [1.29, 1.82) is 0 Å². The van der Waals surface area contributed by atoms with Crippen LogP contribution in [-0.4, -0.2) is 60.6 Å². The highest BCUT2D eigenvalue weighted by molar-refractivity contribution is 7.80. The van der Waals surface area contributed by atoms with E-state index in [2.05, 4.69) is 17.9 Å². The van der Waals surface area contributed by atoms with Crippen molar-refractivity contribution in [2.75, 3.05) is 32.0 Å². The molecule has 0 spiro atoms. The Balaban J connectivity index is 2.53. The zero-order valence-electron chi connectivity index (χ0n) is 16.4. The minimum Gasteiger partial charge on any atom is -0.464 e. The third kappa shape index (κ3) is 6.91. The molecule has 1 heterocycles. The number of ether oxygens (including phenoxy) is 1. The molecule has 26 heavy (non-hydrogen) atoms. The lowest BCUT2D eigenvalue weighted by Crippen LogP contribution is -2.53. The highest BCUT2D eigenvalue weighted by Gasteiger charge is 2.40. The van der Waals surface area contributed by atoms with E-state index in [1.54, 1.807) is 13.8 Å². The van der Waals surface area contributed by atoms with Gasteiger partial charge in [-0.15, -0.1) is 0 Å². The molecule has 1 fully saturated rings. The normalized spacial score (nSPS) is 17.8. The molecule has 1 atom stereocenters. The third-order valence-electron chi connectivity index (χ3n) is 5.01. The second kappa shape index (κ2) is 11.6. The summed E-state index contributed by atoms with van der Waals surface area (Å²) in [5, 5.41) is 3.23. The zero-order chi connectivity index (χ0) is 19.6. The van der Waals surface area contributed by atoms with E-state index in [-0.39, 0.29) is 5.97 Å². The van der Waals surface area contributed by atoms with Crippen LogP contribution in [0.15, 0.2) is 0 Å². The molecule has 0 aromatic rings. The second-order valence-corrected chi connectivity index (χ2v) is 7.87. The Morgan fingerprint density at radius 2 is 1.92 bits per heavy atom. The summed E-state index contributed by atoms with van der Waals surface area (Å²) in [5.74, 6) is -0.554. The van der Waals surface area contributed by atoms with E-state index in [9.17, 15) is 14.4 Å². The Labute approximate surface area is 162 Å². The summed E-state index contributed by atoms with van der Waals surface area (Å²) >= 11 is 4.12. The minimum absolute atomic E-state index is 0.342. The van der Waals surface area contributed by atoms with E-state index in [1.807, 2.05) is 6.92 Å². The van der Waals surface area contributed by atoms with Gasteiger partial charge in [0.15, 0.2) is 0 Å². The summed E-state index contributed by atoms with van der Waals surface area (Å²) in [5.41, 5.74) is -0.705. The quantitative estimate of drug-likeness (QED) is 0.246. The van der Waals surface area contributed by atoms with E-state index in [1.165, 1.54) is 4.90 Å². The summed E-state index contributed by atoms with van der Waals surface area (Å²) in [6, 6.07) is -0.629. The average molecular weight is 387 g/mol. The number of ketones is 1. The number of piperidine rings is 1. The van der Waals surface area contributed by atoms with Gasteiger partial charge in [-0.2, -0.15) is 12.6 Å². The van der Waals surface area contributed by atoms with Gasteiger partial charge in [0.05, 0.1) is 6.61 Å². The first-order valence-electron chi connectivity index (χ1n) is 9.68. The maximum Gasteiger partial charge on any atom is 0.328 e. The highest BCUT2D eigenvalue weighted by Crippen LogP contribution is 2.25. The molecule has 6 nitrogen and oxygen atoms in total. The van der Waals surface area contributed by atoms with E-state index in [0.29, 0.717) is 26.0 Å². The number of esters is 1. The van der Waals surface area contributed by atoms with E-state index in [4.69, 9.17) is 4.74 Å². The van der Waals surface area contributed by atoms with Crippen LogP contribution in [0.4, 0.5) is 0 Å². The fourth-order valence-electron chi connectivity index (χ4n) is 2.83. The first-order valence-corrected chi connectivity index (χ1v) is 10.3. The Hall–Kier alpha value is -1.08. The lowest BCUT2D eigenvalue weighted by molar-refractivity contribution is -0.161. The number of nitrogens with zero attached hydrogens (tertiary/aromatic N) is 1. The number of thiol groups is 1. The largest absolute Gasteiger partial charge is 0.464 e. The topological polar surface area (TPSA) is 75.7 Å². The fourth-order valence-corrected chi connectivity index (χ4v) is 2.98. The number of hydrogen-bond donors (Lipinski definition) is 2. The number of amides is 1. The lowest BCUT2D eigenvalue weighted by Gasteiger charge is -2.35.